The summed E-state index contributed by atoms with van der Waals surface area (Å²) in [6.45, 7) is 0.629. The molecule has 0 N–H and O–H groups in total. The number of nitrogens with zero attached hydrogens (tertiary/aromatic N) is 3. The molecule has 0 unspecified atom stereocenters. The van der Waals surface area contributed by atoms with Gasteiger partial charge in [-0.2, -0.15) is 11.8 Å². The highest BCUT2D eigenvalue weighted by atomic mass is 32.2. The molecule has 0 radical (unpaired) electrons. The van der Waals surface area contributed by atoms with Crippen LogP contribution in [0.3, 0.4) is 0 Å². The first-order valence-corrected chi connectivity index (χ1v) is 8.33. The first-order valence-electron chi connectivity index (χ1n) is 7.18. The van der Waals surface area contributed by atoms with E-state index < -0.39 is 0 Å². The van der Waals surface area contributed by atoms with Crippen LogP contribution in [0.1, 0.15) is 5.56 Å². The molecule has 3 aromatic rings. The maximum absolute atomic E-state index is 12.1. The number of hydrogen-bond donors (Lipinski definition) is 0. The first-order chi connectivity index (χ1) is 10.8. The Morgan fingerprint density at radius 2 is 1.91 bits per heavy atom. The van der Waals surface area contributed by atoms with Crippen molar-refractivity contribution < 1.29 is 0 Å². The molecule has 3 rings (SSSR count). The molecule has 0 fully saturated rings. The van der Waals surface area contributed by atoms with Crippen molar-refractivity contribution in [3.05, 3.63) is 76.9 Å². The SMILES string of the molecule is O=c1n(CCSCC=Cc2ccccc2)nc2ccccn12. The Kier molecular flexibility index (Phi) is 4.75. The number of pyridine rings is 1. The maximum atomic E-state index is 12.1. The normalized spacial score (nSPS) is 11.5. The Balaban J connectivity index is 1.49. The maximum Gasteiger partial charge on any atom is 0.350 e. The van der Waals surface area contributed by atoms with Gasteiger partial charge in [-0.25, -0.2) is 9.48 Å². The van der Waals surface area contributed by atoms with E-state index in [0.717, 1.165) is 11.5 Å². The summed E-state index contributed by atoms with van der Waals surface area (Å²) in [7, 11) is 0. The van der Waals surface area contributed by atoms with Crippen molar-refractivity contribution in [2.45, 2.75) is 6.54 Å². The zero-order valence-corrected chi connectivity index (χ0v) is 12.9. The predicted octanol–water partition coefficient (Wildman–Crippen LogP) is 2.94. The van der Waals surface area contributed by atoms with Crippen LogP contribution in [0.4, 0.5) is 0 Å². The third-order valence-electron chi connectivity index (χ3n) is 3.26. The molecule has 0 aliphatic carbocycles. The second-order valence-corrected chi connectivity index (χ2v) is 5.97. The highest BCUT2D eigenvalue weighted by molar-refractivity contribution is 7.99. The minimum atomic E-state index is -0.0731. The predicted molar refractivity (Wildman–Crippen MR) is 92.3 cm³/mol. The van der Waals surface area contributed by atoms with Crippen molar-refractivity contribution in [1.82, 2.24) is 14.2 Å². The van der Waals surface area contributed by atoms with Crippen LogP contribution in [0.5, 0.6) is 0 Å². The van der Waals surface area contributed by atoms with Gasteiger partial charge in [-0.05, 0) is 17.7 Å². The van der Waals surface area contributed by atoms with Crippen LogP contribution in [-0.2, 0) is 6.54 Å². The second-order valence-electron chi connectivity index (χ2n) is 4.82. The zero-order chi connectivity index (χ0) is 15.2. The molecule has 2 heterocycles. The molecular formula is C17H17N3OS. The van der Waals surface area contributed by atoms with Crippen LogP contribution in [0.25, 0.3) is 11.7 Å². The molecule has 0 aliphatic heterocycles. The lowest BCUT2D eigenvalue weighted by Crippen LogP contribution is -2.22. The van der Waals surface area contributed by atoms with E-state index in [1.165, 1.54) is 10.2 Å². The van der Waals surface area contributed by atoms with Crippen molar-refractivity contribution in [2.75, 3.05) is 11.5 Å². The smallest absolute Gasteiger partial charge is 0.250 e. The van der Waals surface area contributed by atoms with E-state index in [1.807, 2.05) is 36.4 Å². The zero-order valence-electron chi connectivity index (χ0n) is 12.1. The van der Waals surface area contributed by atoms with Crippen LogP contribution in [0.15, 0.2) is 65.6 Å². The standard InChI is InChI=1S/C17H17N3OS/c21-17-19-11-5-4-10-16(19)18-20(17)12-14-22-13-6-9-15-7-2-1-3-8-15/h1-11H,12-14H2. The number of rotatable bonds is 6. The van der Waals surface area contributed by atoms with Gasteiger partial charge in [0.25, 0.3) is 0 Å². The van der Waals surface area contributed by atoms with Crippen LogP contribution >= 0.6 is 11.8 Å². The number of thioether (sulfide) groups is 1. The molecule has 0 aliphatic rings. The Morgan fingerprint density at radius 3 is 2.73 bits per heavy atom. The van der Waals surface area contributed by atoms with Gasteiger partial charge in [0.1, 0.15) is 0 Å². The number of fused-ring (bicyclic) bond motifs is 1. The minimum absolute atomic E-state index is 0.0731. The first kappa shape index (κ1) is 14.7. The van der Waals surface area contributed by atoms with Gasteiger partial charge < -0.3 is 0 Å². The van der Waals surface area contributed by atoms with Crippen LogP contribution in [-0.4, -0.2) is 25.7 Å². The van der Waals surface area contributed by atoms with Crippen molar-refractivity contribution in [3.63, 3.8) is 0 Å². The fraction of sp³-hybridized carbons (Fsp3) is 0.176. The van der Waals surface area contributed by atoms with Gasteiger partial charge in [0.15, 0.2) is 5.65 Å². The highest BCUT2D eigenvalue weighted by Crippen LogP contribution is 2.05. The highest BCUT2D eigenvalue weighted by Gasteiger charge is 2.04. The molecule has 2 aromatic heterocycles. The lowest BCUT2D eigenvalue weighted by atomic mass is 10.2. The molecule has 0 amide bonds. The van der Waals surface area contributed by atoms with Crippen molar-refractivity contribution >= 4 is 23.5 Å². The lowest BCUT2D eigenvalue weighted by Gasteiger charge is -1.98. The van der Waals surface area contributed by atoms with Gasteiger partial charge >= 0.3 is 5.69 Å². The monoisotopic (exact) mass is 311 g/mol. The minimum Gasteiger partial charge on any atom is -0.250 e. The Hall–Kier alpha value is -2.27. The molecular weight excluding hydrogens is 294 g/mol. The van der Waals surface area contributed by atoms with Gasteiger partial charge in [0.2, 0.25) is 0 Å². The molecule has 5 heteroatoms. The number of aromatic nitrogens is 3. The Morgan fingerprint density at radius 1 is 1.09 bits per heavy atom. The number of benzene rings is 1. The molecule has 22 heavy (non-hydrogen) atoms. The van der Waals surface area contributed by atoms with Crippen molar-refractivity contribution in [1.29, 1.82) is 0 Å². The molecule has 4 nitrogen and oxygen atoms in total. The van der Waals surface area contributed by atoms with Gasteiger partial charge in [0.05, 0.1) is 6.54 Å². The van der Waals surface area contributed by atoms with E-state index in [-0.39, 0.29) is 5.69 Å². The quantitative estimate of drug-likeness (QED) is 0.657. The van der Waals surface area contributed by atoms with Crippen LogP contribution < -0.4 is 5.69 Å². The summed E-state index contributed by atoms with van der Waals surface area (Å²) in [5.74, 6) is 1.79. The molecule has 0 atom stereocenters. The van der Waals surface area contributed by atoms with E-state index in [4.69, 9.17) is 0 Å². The van der Waals surface area contributed by atoms with Crippen molar-refractivity contribution in [3.8, 4) is 0 Å². The fourth-order valence-electron chi connectivity index (χ4n) is 2.16. The second kappa shape index (κ2) is 7.13. The average Bonchev–Trinajstić information content (AvgIpc) is 2.88. The molecule has 0 bridgehead atoms. The molecule has 0 spiro atoms. The number of hydrogen-bond acceptors (Lipinski definition) is 3. The van der Waals surface area contributed by atoms with E-state index in [1.54, 1.807) is 22.4 Å². The summed E-state index contributed by atoms with van der Waals surface area (Å²) in [6.07, 6.45) is 6.01. The number of aryl methyl sites for hydroxylation is 1. The average molecular weight is 311 g/mol. The van der Waals surface area contributed by atoms with E-state index >= 15 is 0 Å². The lowest BCUT2D eigenvalue weighted by molar-refractivity contribution is 0.640. The van der Waals surface area contributed by atoms with Gasteiger partial charge in [0, 0.05) is 17.7 Å². The third kappa shape index (κ3) is 3.49. The summed E-state index contributed by atoms with van der Waals surface area (Å²) in [5, 5.41) is 4.31. The van der Waals surface area contributed by atoms with E-state index in [9.17, 15) is 4.79 Å². The van der Waals surface area contributed by atoms with Crippen LogP contribution in [0, 0.1) is 0 Å². The Bertz CT molecular complexity index is 821. The molecule has 112 valence electrons. The summed E-state index contributed by atoms with van der Waals surface area (Å²) < 4.78 is 3.10. The topological polar surface area (TPSA) is 39.3 Å². The molecule has 0 saturated carbocycles. The van der Waals surface area contributed by atoms with E-state index in [2.05, 4.69) is 29.4 Å². The summed E-state index contributed by atoms with van der Waals surface area (Å²) >= 11 is 1.79. The largest absolute Gasteiger partial charge is 0.350 e. The Labute approximate surface area is 133 Å². The summed E-state index contributed by atoms with van der Waals surface area (Å²) in [6, 6.07) is 15.8. The van der Waals surface area contributed by atoms with E-state index in [0.29, 0.717) is 12.2 Å². The molecule has 0 saturated heterocycles. The summed E-state index contributed by atoms with van der Waals surface area (Å²) in [5.41, 5.74) is 1.83. The fourth-order valence-corrected chi connectivity index (χ4v) is 2.87. The van der Waals surface area contributed by atoms with Gasteiger partial charge in [-0.15, -0.1) is 5.10 Å². The van der Waals surface area contributed by atoms with Crippen LogP contribution in [0.2, 0.25) is 0 Å². The summed E-state index contributed by atoms with van der Waals surface area (Å²) in [4.78, 5) is 12.1. The van der Waals surface area contributed by atoms with Gasteiger partial charge in [-0.3, -0.25) is 4.40 Å². The molecule has 1 aromatic carbocycles. The third-order valence-corrected chi connectivity index (χ3v) is 4.16. The van der Waals surface area contributed by atoms with Crippen molar-refractivity contribution in [2.24, 2.45) is 0 Å². The van der Waals surface area contributed by atoms with Gasteiger partial charge in [-0.1, -0.05) is 48.6 Å².